The van der Waals surface area contributed by atoms with E-state index in [-0.39, 0.29) is 24.0 Å². The van der Waals surface area contributed by atoms with Crippen molar-refractivity contribution in [1.82, 2.24) is 5.32 Å². The van der Waals surface area contributed by atoms with Gasteiger partial charge < -0.3 is 19.6 Å². The van der Waals surface area contributed by atoms with Crippen molar-refractivity contribution in [2.24, 2.45) is 5.92 Å². The van der Waals surface area contributed by atoms with Gasteiger partial charge in [0.05, 0.1) is 25.0 Å². The number of carbonyl (C=O) groups is 2. The highest BCUT2D eigenvalue weighted by Crippen LogP contribution is 2.17. The van der Waals surface area contributed by atoms with Gasteiger partial charge in [0.2, 0.25) is 0 Å². The number of hydrogen-bond acceptors (Lipinski definition) is 4. The summed E-state index contributed by atoms with van der Waals surface area (Å²) in [5, 5.41) is 11.7. The Bertz CT molecular complexity index is 708. The number of nitrogens with one attached hydrogen (secondary N) is 1. The number of rotatable bonds is 9. The Balaban J connectivity index is 1.79. The Morgan fingerprint density at radius 1 is 1.28 bits per heavy atom. The molecule has 0 aliphatic carbocycles. The summed E-state index contributed by atoms with van der Waals surface area (Å²) < 4.78 is 10.8. The minimum atomic E-state index is -1.04. The highest BCUT2D eigenvalue weighted by atomic mass is 16.5. The normalized spacial score (nSPS) is 11.9. The molecule has 1 aromatic carbocycles. The summed E-state index contributed by atoms with van der Waals surface area (Å²) in [6.07, 6.45) is 1.09. The third kappa shape index (κ3) is 5.76. The van der Waals surface area contributed by atoms with E-state index in [1.54, 1.807) is 6.92 Å². The van der Waals surface area contributed by atoms with Crippen LogP contribution >= 0.6 is 0 Å². The van der Waals surface area contributed by atoms with Crippen LogP contribution in [-0.4, -0.2) is 30.1 Å². The van der Waals surface area contributed by atoms with Crippen molar-refractivity contribution in [3.63, 3.8) is 0 Å². The van der Waals surface area contributed by atoms with Crippen molar-refractivity contribution in [3.8, 4) is 0 Å². The molecule has 0 fully saturated rings. The van der Waals surface area contributed by atoms with Crippen LogP contribution in [0.4, 0.5) is 0 Å². The molecule has 134 valence electrons. The van der Waals surface area contributed by atoms with E-state index in [4.69, 9.17) is 14.3 Å². The van der Waals surface area contributed by atoms with Crippen molar-refractivity contribution in [1.29, 1.82) is 0 Å². The molecule has 2 N–H and O–H groups in total. The first-order chi connectivity index (χ1) is 12.0. The predicted octanol–water partition coefficient (Wildman–Crippen LogP) is 2.80. The van der Waals surface area contributed by atoms with E-state index >= 15 is 0 Å². The molecule has 0 saturated heterocycles. The summed E-state index contributed by atoms with van der Waals surface area (Å²) in [5.41, 5.74) is 2.03. The van der Waals surface area contributed by atoms with E-state index in [1.165, 1.54) is 6.26 Å². The molecular weight excluding hydrogens is 322 g/mol. The third-order valence-corrected chi connectivity index (χ3v) is 3.71. The first kappa shape index (κ1) is 18.7. The van der Waals surface area contributed by atoms with Crippen LogP contribution in [-0.2, 0) is 22.6 Å². The van der Waals surface area contributed by atoms with Crippen molar-refractivity contribution in [2.75, 3.05) is 13.2 Å². The zero-order chi connectivity index (χ0) is 18.2. The van der Waals surface area contributed by atoms with E-state index in [0.717, 1.165) is 5.56 Å². The molecule has 1 amide bonds. The van der Waals surface area contributed by atoms with Crippen LogP contribution in [0.3, 0.4) is 0 Å². The molecule has 0 aliphatic heterocycles. The Kier molecular flexibility index (Phi) is 6.77. The average molecular weight is 345 g/mol. The molecule has 1 aromatic heterocycles. The molecule has 6 nitrogen and oxygen atoms in total. The Morgan fingerprint density at radius 2 is 2.00 bits per heavy atom. The summed E-state index contributed by atoms with van der Waals surface area (Å²) in [4.78, 5) is 23.2. The molecule has 2 rings (SSSR count). The maximum absolute atomic E-state index is 12.3. The van der Waals surface area contributed by atoms with Gasteiger partial charge in [-0.2, -0.15) is 0 Å². The van der Waals surface area contributed by atoms with Crippen LogP contribution in [0.2, 0.25) is 0 Å². The quantitative estimate of drug-likeness (QED) is 0.729. The molecule has 25 heavy (non-hydrogen) atoms. The number of carbonyl (C=O) groups excluding carboxylic acids is 1. The fourth-order valence-corrected chi connectivity index (χ4v) is 2.44. The summed E-state index contributed by atoms with van der Waals surface area (Å²) in [6, 6.07) is 9.88. The molecule has 0 saturated carbocycles. The maximum atomic E-state index is 12.3. The fourth-order valence-electron chi connectivity index (χ4n) is 2.44. The van der Waals surface area contributed by atoms with Crippen molar-refractivity contribution in [3.05, 3.63) is 59.0 Å². The molecule has 1 unspecified atom stereocenters. The molecule has 0 spiro atoms. The predicted molar refractivity (Wildman–Crippen MR) is 92.4 cm³/mol. The first-order valence-electron chi connectivity index (χ1n) is 8.16. The number of aryl methyl sites for hydroxylation is 1. The molecule has 1 atom stereocenters. The average Bonchev–Trinajstić information content (AvgIpc) is 2.93. The lowest BCUT2D eigenvalue weighted by atomic mass is 10.1. The van der Waals surface area contributed by atoms with E-state index in [2.05, 4.69) is 5.32 Å². The zero-order valence-corrected chi connectivity index (χ0v) is 14.5. The van der Waals surface area contributed by atoms with Gasteiger partial charge in [-0.3, -0.25) is 9.59 Å². The van der Waals surface area contributed by atoms with Crippen molar-refractivity contribution in [2.45, 2.75) is 26.9 Å². The monoisotopic (exact) mass is 345 g/mol. The highest BCUT2D eigenvalue weighted by Gasteiger charge is 2.20. The van der Waals surface area contributed by atoms with Gasteiger partial charge in [0.1, 0.15) is 12.2 Å². The smallest absolute Gasteiger partial charge is 0.311 e. The van der Waals surface area contributed by atoms with Gasteiger partial charge in [0, 0.05) is 12.1 Å². The SMILES string of the molecule is Cc1coc(CC(=O)O)c1C(=O)NCC(C)COCc1ccccc1. The van der Waals surface area contributed by atoms with Gasteiger partial charge in [-0.1, -0.05) is 37.3 Å². The van der Waals surface area contributed by atoms with Crippen LogP contribution in [0.5, 0.6) is 0 Å². The largest absolute Gasteiger partial charge is 0.481 e. The number of benzene rings is 1. The van der Waals surface area contributed by atoms with E-state index in [1.807, 2.05) is 37.3 Å². The number of furan rings is 1. The van der Waals surface area contributed by atoms with Gasteiger partial charge in [0.25, 0.3) is 5.91 Å². The van der Waals surface area contributed by atoms with Gasteiger partial charge in [0.15, 0.2) is 0 Å². The van der Waals surface area contributed by atoms with Crippen molar-refractivity contribution < 1.29 is 23.8 Å². The Labute approximate surface area is 146 Å². The third-order valence-electron chi connectivity index (χ3n) is 3.71. The van der Waals surface area contributed by atoms with Crippen LogP contribution in [0.15, 0.2) is 41.0 Å². The maximum Gasteiger partial charge on any atom is 0.311 e. The molecule has 2 aromatic rings. The number of aliphatic carboxylic acids is 1. The first-order valence-corrected chi connectivity index (χ1v) is 8.16. The summed E-state index contributed by atoms with van der Waals surface area (Å²) in [6.45, 7) is 5.18. The lowest BCUT2D eigenvalue weighted by molar-refractivity contribution is -0.136. The summed E-state index contributed by atoms with van der Waals surface area (Å²) in [7, 11) is 0. The summed E-state index contributed by atoms with van der Waals surface area (Å²) in [5.74, 6) is -1.05. The number of ether oxygens (including phenoxy) is 1. The van der Waals surface area contributed by atoms with Crippen LogP contribution in [0.1, 0.15) is 34.2 Å². The minimum Gasteiger partial charge on any atom is -0.481 e. The number of carboxylic acid groups (broad SMARTS) is 1. The van der Waals surface area contributed by atoms with Gasteiger partial charge in [-0.05, 0) is 18.4 Å². The molecule has 6 heteroatoms. The van der Waals surface area contributed by atoms with Crippen LogP contribution < -0.4 is 5.32 Å². The molecule has 1 heterocycles. The number of hydrogen-bond donors (Lipinski definition) is 2. The lowest BCUT2D eigenvalue weighted by Crippen LogP contribution is -2.31. The second-order valence-electron chi connectivity index (χ2n) is 6.10. The van der Waals surface area contributed by atoms with Crippen LogP contribution in [0, 0.1) is 12.8 Å². The summed E-state index contributed by atoms with van der Waals surface area (Å²) >= 11 is 0. The van der Waals surface area contributed by atoms with E-state index in [0.29, 0.717) is 30.9 Å². The molecule has 0 radical (unpaired) electrons. The second-order valence-corrected chi connectivity index (χ2v) is 6.10. The van der Waals surface area contributed by atoms with Gasteiger partial charge >= 0.3 is 5.97 Å². The topological polar surface area (TPSA) is 88.8 Å². The van der Waals surface area contributed by atoms with E-state index in [9.17, 15) is 9.59 Å². The minimum absolute atomic E-state index is 0.128. The van der Waals surface area contributed by atoms with Gasteiger partial charge in [-0.25, -0.2) is 0 Å². The Hall–Kier alpha value is -2.60. The lowest BCUT2D eigenvalue weighted by Gasteiger charge is -2.13. The highest BCUT2D eigenvalue weighted by molar-refractivity contribution is 5.97. The van der Waals surface area contributed by atoms with Crippen LogP contribution in [0.25, 0.3) is 0 Å². The fraction of sp³-hybridized carbons (Fsp3) is 0.368. The molecular formula is C19H23NO5. The van der Waals surface area contributed by atoms with Crippen molar-refractivity contribution >= 4 is 11.9 Å². The van der Waals surface area contributed by atoms with Gasteiger partial charge in [-0.15, -0.1) is 0 Å². The molecule has 0 aliphatic rings. The second kappa shape index (κ2) is 9.03. The standard InChI is InChI=1S/C19H23NO5/c1-13(10-24-12-15-6-4-3-5-7-15)9-20-19(23)18-14(2)11-25-16(18)8-17(21)22/h3-7,11,13H,8-10,12H2,1-2H3,(H,20,23)(H,21,22). The zero-order valence-electron chi connectivity index (χ0n) is 14.5. The molecule has 0 bridgehead atoms. The Morgan fingerprint density at radius 3 is 2.68 bits per heavy atom. The van der Waals surface area contributed by atoms with E-state index < -0.39 is 5.97 Å². The number of amides is 1. The number of carboxylic acids is 1.